The van der Waals surface area contributed by atoms with E-state index in [1.807, 2.05) is 97.9 Å². The number of oxazole rings is 1. The van der Waals surface area contributed by atoms with Crippen LogP contribution in [0, 0.1) is 6.92 Å². The van der Waals surface area contributed by atoms with Crippen molar-refractivity contribution in [3.8, 4) is 23.0 Å². The molecule has 0 bridgehead atoms. The molecule has 0 fully saturated rings. The topological polar surface area (TPSA) is 81.8 Å². The van der Waals surface area contributed by atoms with Crippen LogP contribution in [-0.4, -0.2) is 16.1 Å². The van der Waals surface area contributed by atoms with Crippen molar-refractivity contribution in [2.24, 2.45) is 0 Å². The molecule has 5 rings (SSSR count). The van der Waals surface area contributed by atoms with Crippen LogP contribution >= 0.6 is 0 Å². The van der Waals surface area contributed by atoms with Gasteiger partial charge in [0.15, 0.2) is 0 Å². The molecule has 4 aromatic carbocycles. The monoisotopic (exact) mass is 479 g/mol. The summed E-state index contributed by atoms with van der Waals surface area (Å²) in [5.41, 5.74) is 3.30. The fourth-order valence-electron chi connectivity index (χ4n) is 4.05. The summed E-state index contributed by atoms with van der Waals surface area (Å²) in [4.78, 5) is 16.0. The highest BCUT2D eigenvalue weighted by Crippen LogP contribution is 2.30. The second-order valence-corrected chi connectivity index (χ2v) is 8.44. The van der Waals surface area contributed by atoms with Crippen LogP contribution in [-0.2, 0) is 24.4 Å². The number of benzene rings is 4. The van der Waals surface area contributed by atoms with Crippen molar-refractivity contribution >= 4 is 16.7 Å². The van der Waals surface area contributed by atoms with Crippen LogP contribution < -0.4 is 9.47 Å². The van der Waals surface area contributed by atoms with Gasteiger partial charge < -0.3 is 19.0 Å². The van der Waals surface area contributed by atoms with Gasteiger partial charge in [-0.1, -0.05) is 60.7 Å². The van der Waals surface area contributed by atoms with E-state index >= 15 is 0 Å². The summed E-state index contributed by atoms with van der Waals surface area (Å²) in [7, 11) is 0. The first kappa shape index (κ1) is 23.2. The van der Waals surface area contributed by atoms with Crippen molar-refractivity contribution in [1.29, 1.82) is 0 Å². The van der Waals surface area contributed by atoms with Gasteiger partial charge in [-0.25, -0.2) is 4.98 Å². The first-order chi connectivity index (χ1) is 17.6. The summed E-state index contributed by atoms with van der Waals surface area (Å²) < 4.78 is 17.8. The Kier molecular flexibility index (Phi) is 6.67. The van der Waals surface area contributed by atoms with E-state index in [1.165, 1.54) is 0 Å². The van der Waals surface area contributed by atoms with Crippen LogP contribution in [0.1, 0.15) is 22.6 Å². The lowest BCUT2D eigenvalue weighted by molar-refractivity contribution is -0.136. The summed E-state index contributed by atoms with van der Waals surface area (Å²) >= 11 is 0. The lowest BCUT2D eigenvalue weighted by Gasteiger charge is -2.14. The van der Waals surface area contributed by atoms with E-state index in [9.17, 15) is 9.90 Å². The highest BCUT2D eigenvalue weighted by atomic mass is 16.5. The Morgan fingerprint density at radius 1 is 0.861 bits per heavy atom. The molecule has 0 spiro atoms. The van der Waals surface area contributed by atoms with Crippen molar-refractivity contribution in [2.45, 2.75) is 26.6 Å². The van der Waals surface area contributed by atoms with Crippen molar-refractivity contribution in [3.05, 3.63) is 114 Å². The number of hydrogen-bond donors (Lipinski definition) is 1. The smallest absolute Gasteiger partial charge is 0.307 e. The molecular weight excluding hydrogens is 454 g/mol. The molecule has 0 aliphatic rings. The van der Waals surface area contributed by atoms with E-state index in [-0.39, 0.29) is 6.42 Å². The highest BCUT2D eigenvalue weighted by molar-refractivity contribution is 5.90. The normalized spacial score (nSPS) is 10.9. The molecule has 0 saturated carbocycles. The minimum Gasteiger partial charge on any atom is -0.489 e. The van der Waals surface area contributed by atoms with Gasteiger partial charge in [-0.15, -0.1) is 0 Å². The lowest BCUT2D eigenvalue weighted by atomic mass is 10.0. The predicted molar refractivity (Wildman–Crippen MR) is 137 cm³/mol. The third kappa shape index (κ3) is 5.23. The van der Waals surface area contributed by atoms with Gasteiger partial charge in [0.1, 0.15) is 36.2 Å². The zero-order valence-corrected chi connectivity index (χ0v) is 19.8. The summed E-state index contributed by atoms with van der Waals surface area (Å²) in [5.74, 6) is 1.70. The van der Waals surface area contributed by atoms with Gasteiger partial charge in [-0.2, -0.15) is 0 Å². The molecule has 36 heavy (non-hydrogen) atoms. The standard InChI is InChI=1S/C30H25NO5/c1-20-27(31-30(36-20)23-8-3-2-4-9-23)19-34-24-14-11-21(12-15-24)18-35-28-16-13-22-7-5-6-10-25(22)26(28)17-29(32)33/h2-16H,17-19H2,1H3,(H,32,33). The van der Waals surface area contributed by atoms with Crippen LogP contribution in [0.3, 0.4) is 0 Å². The Morgan fingerprint density at radius 2 is 1.61 bits per heavy atom. The fourth-order valence-corrected chi connectivity index (χ4v) is 4.05. The molecule has 0 unspecified atom stereocenters. The van der Waals surface area contributed by atoms with Crippen molar-refractivity contribution in [2.75, 3.05) is 0 Å². The summed E-state index contributed by atoms with van der Waals surface area (Å²) in [6.45, 7) is 2.49. The molecule has 180 valence electrons. The van der Waals surface area contributed by atoms with Crippen LogP contribution in [0.4, 0.5) is 0 Å². The molecule has 5 aromatic rings. The zero-order chi connectivity index (χ0) is 24.9. The maximum atomic E-state index is 11.5. The lowest BCUT2D eigenvalue weighted by Crippen LogP contribution is -2.05. The first-order valence-electron chi connectivity index (χ1n) is 11.7. The molecule has 6 nitrogen and oxygen atoms in total. The number of carboxylic acid groups (broad SMARTS) is 1. The SMILES string of the molecule is Cc1oc(-c2ccccc2)nc1COc1ccc(COc2ccc3ccccc3c2CC(=O)O)cc1. The van der Waals surface area contributed by atoms with Gasteiger partial charge in [-0.3, -0.25) is 4.79 Å². The second kappa shape index (κ2) is 10.4. The molecule has 6 heteroatoms. The van der Waals surface area contributed by atoms with E-state index in [0.717, 1.165) is 33.4 Å². The van der Waals surface area contributed by atoms with Crippen molar-refractivity contribution in [3.63, 3.8) is 0 Å². The second-order valence-electron chi connectivity index (χ2n) is 8.44. The number of aryl methyl sites for hydroxylation is 1. The van der Waals surface area contributed by atoms with Crippen molar-refractivity contribution in [1.82, 2.24) is 4.98 Å². The molecule has 1 aromatic heterocycles. The van der Waals surface area contributed by atoms with E-state index in [2.05, 4.69) is 4.98 Å². The molecule has 0 radical (unpaired) electrons. The van der Waals surface area contributed by atoms with E-state index in [4.69, 9.17) is 13.9 Å². The molecule has 0 aliphatic heterocycles. The summed E-state index contributed by atoms with van der Waals surface area (Å²) in [5, 5.41) is 11.3. The molecule has 0 saturated heterocycles. The quantitative estimate of drug-likeness (QED) is 0.257. The zero-order valence-electron chi connectivity index (χ0n) is 19.8. The van der Waals surface area contributed by atoms with Crippen LogP contribution in [0.25, 0.3) is 22.2 Å². The van der Waals surface area contributed by atoms with Gasteiger partial charge in [0.25, 0.3) is 0 Å². The fraction of sp³-hybridized carbons (Fsp3) is 0.133. The van der Waals surface area contributed by atoms with Crippen molar-refractivity contribution < 1.29 is 23.8 Å². The van der Waals surface area contributed by atoms with Gasteiger partial charge in [0, 0.05) is 11.1 Å². The van der Waals surface area contributed by atoms with E-state index < -0.39 is 5.97 Å². The van der Waals surface area contributed by atoms with E-state index in [0.29, 0.717) is 36.2 Å². The number of rotatable bonds is 9. The molecule has 1 N–H and O–H groups in total. The van der Waals surface area contributed by atoms with E-state index in [1.54, 1.807) is 0 Å². The van der Waals surface area contributed by atoms with Crippen LogP contribution in [0.2, 0.25) is 0 Å². The average Bonchev–Trinajstić information content (AvgIpc) is 3.28. The number of nitrogens with zero attached hydrogens (tertiary/aromatic N) is 1. The average molecular weight is 480 g/mol. The third-order valence-electron chi connectivity index (χ3n) is 5.93. The minimum atomic E-state index is -0.893. The Labute approximate surface area is 208 Å². The van der Waals surface area contributed by atoms with Crippen LogP contribution in [0.5, 0.6) is 11.5 Å². The molecular formula is C30H25NO5. The largest absolute Gasteiger partial charge is 0.489 e. The Balaban J connectivity index is 1.23. The number of aliphatic carboxylic acids is 1. The van der Waals surface area contributed by atoms with Crippen LogP contribution in [0.15, 0.2) is 95.4 Å². The maximum Gasteiger partial charge on any atom is 0.307 e. The number of carbonyl (C=O) groups is 1. The number of fused-ring (bicyclic) bond motifs is 1. The Bertz CT molecular complexity index is 1490. The molecule has 1 heterocycles. The summed E-state index contributed by atoms with van der Waals surface area (Å²) in [6.07, 6.45) is -0.100. The number of aromatic nitrogens is 1. The summed E-state index contributed by atoms with van der Waals surface area (Å²) in [6, 6.07) is 28.9. The molecule has 0 aliphatic carbocycles. The number of ether oxygens (including phenoxy) is 2. The highest BCUT2D eigenvalue weighted by Gasteiger charge is 2.14. The molecule has 0 atom stereocenters. The third-order valence-corrected chi connectivity index (χ3v) is 5.93. The first-order valence-corrected chi connectivity index (χ1v) is 11.7. The Hall–Kier alpha value is -4.58. The van der Waals surface area contributed by atoms with Gasteiger partial charge in [-0.05, 0) is 53.6 Å². The minimum absolute atomic E-state index is 0.100. The van der Waals surface area contributed by atoms with Gasteiger partial charge >= 0.3 is 5.97 Å². The predicted octanol–water partition coefficient (Wildman–Crippen LogP) is 6.59. The number of carboxylic acids is 1. The number of hydrogen-bond acceptors (Lipinski definition) is 5. The van der Waals surface area contributed by atoms with Gasteiger partial charge in [0.2, 0.25) is 5.89 Å². The Morgan fingerprint density at radius 3 is 2.39 bits per heavy atom. The maximum absolute atomic E-state index is 11.5. The van der Waals surface area contributed by atoms with Gasteiger partial charge in [0.05, 0.1) is 6.42 Å². The molecule has 0 amide bonds.